The van der Waals surface area contributed by atoms with Gasteiger partial charge in [-0.25, -0.2) is 4.79 Å². The van der Waals surface area contributed by atoms with Crippen molar-refractivity contribution in [3.8, 4) is 5.75 Å². The van der Waals surface area contributed by atoms with Gasteiger partial charge in [-0.2, -0.15) is 0 Å². The molecule has 0 spiro atoms. The maximum atomic E-state index is 12.3. The Bertz CT molecular complexity index is 677. The predicted molar refractivity (Wildman–Crippen MR) is 92.3 cm³/mol. The zero-order valence-corrected chi connectivity index (χ0v) is 14.2. The molecule has 1 N–H and O–H groups in total. The highest BCUT2D eigenvalue weighted by Gasteiger charge is 2.13. The van der Waals surface area contributed by atoms with Gasteiger partial charge in [0.1, 0.15) is 5.75 Å². The van der Waals surface area contributed by atoms with E-state index in [0.29, 0.717) is 23.0 Å². The first-order valence-corrected chi connectivity index (χ1v) is 7.64. The number of nitrogens with one attached hydrogen (secondary N) is 1. The van der Waals surface area contributed by atoms with Crippen molar-refractivity contribution >= 4 is 23.3 Å². The van der Waals surface area contributed by atoms with Crippen LogP contribution in [0.15, 0.2) is 36.7 Å². The lowest BCUT2D eigenvalue weighted by Crippen LogP contribution is -2.33. The van der Waals surface area contributed by atoms with E-state index in [1.807, 2.05) is 19.1 Å². The second-order valence-electron chi connectivity index (χ2n) is 5.26. The summed E-state index contributed by atoms with van der Waals surface area (Å²) >= 11 is 6.07. The van der Waals surface area contributed by atoms with Crippen LogP contribution in [-0.2, 0) is 6.42 Å². The largest absolute Gasteiger partial charge is 0.495 e. The van der Waals surface area contributed by atoms with Crippen molar-refractivity contribution in [1.82, 2.24) is 9.88 Å². The Morgan fingerprint density at radius 1 is 1.35 bits per heavy atom. The molecule has 0 bridgehead atoms. The first-order chi connectivity index (χ1) is 11.0. The van der Waals surface area contributed by atoms with Gasteiger partial charge in [-0.15, -0.1) is 0 Å². The average molecular weight is 334 g/mol. The molecule has 1 heterocycles. The van der Waals surface area contributed by atoms with Crippen LogP contribution in [-0.4, -0.2) is 36.6 Å². The fourth-order valence-corrected chi connectivity index (χ4v) is 2.24. The van der Waals surface area contributed by atoms with Gasteiger partial charge in [-0.1, -0.05) is 11.6 Å². The topological polar surface area (TPSA) is 54.5 Å². The number of halogens is 1. The molecule has 2 amide bonds. The van der Waals surface area contributed by atoms with Crippen LogP contribution in [0.2, 0.25) is 5.02 Å². The lowest BCUT2D eigenvalue weighted by atomic mass is 10.2. The molecular weight excluding hydrogens is 314 g/mol. The molecule has 1 aromatic carbocycles. The van der Waals surface area contributed by atoms with E-state index in [4.69, 9.17) is 16.3 Å². The molecule has 0 saturated carbocycles. The quantitative estimate of drug-likeness (QED) is 0.906. The van der Waals surface area contributed by atoms with Crippen molar-refractivity contribution in [3.05, 3.63) is 52.8 Å². The van der Waals surface area contributed by atoms with E-state index in [1.165, 1.54) is 0 Å². The molecule has 0 unspecified atom stereocenters. The van der Waals surface area contributed by atoms with Crippen LogP contribution in [0.4, 0.5) is 10.5 Å². The van der Waals surface area contributed by atoms with E-state index in [2.05, 4.69) is 10.3 Å². The van der Waals surface area contributed by atoms with Crippen LogP contribution in [0.1, 0.15) is 11.1 Å². The molecule has 2 aromatic rings. The number of likely N-dealkylation sites (N-methyl/N-ethyl adjacent to an activating group) is 1. The lowest BCUT2D eigenvalue weighted by molar-refractivity contribution is 0.223. The first-order valence-electron chi connectivity index (χ1n) is 7.26. The molecule has 0 atom stereocenters. The van der Waals surface area contributed by atoms with Gasteiger partial charge in [-0.3, -0.25) is 4.98 Å². The highest BCUT2D eigenvalue weighted by Crippen LogP contribution is 2.31. The van der Waals surface area contributed by atoms with E-state index in [1.54, 1.807) is 43.6 Å². The van der Waals surface area contributed by atoms with E-state index in [-0.39, 0.29) is 6.03 Å². The SMILES string of the molecule is COc1cc(Cl)c(C)cc1NC(=O)N(C)CCc1ccncc1. The smallest absolute Gasteiger partial charge is 0.321 e. The summed E-state index contributed by atoms with van der Waals surface area (Å²) in [6, 6.07) is 7.19. The zero-order chi connectivity index (χ0) is 16.8. The summed E-state index contributed by atoms with van der Waals surface area (Å²) in [5.74, 6) is 0.538. The Kier molecular flexibility index (Phi) is 5.82. The number of rotatable bonds is 5. The second-order valence-corrected chi connectivity index (χ2v) is 5.67. The summed E-state index contributed by atoms with van der Waals surface area (Å²) in [6.45, 7) is 2.48. The maximum absolute atomic E-state index is 12.3. The first kappa shape index (κ1) is 17.1. The number of benzene rings is 1. The van der Waals surface area contributed by atoms with Crippen molar-refractivity contribution < 1.29 is 9.53 Å². The summed E-state index contributed by atoms with van der Waals surface area (Å²) in [5, 5.41) is 3.46. The number of urea groups is 1. The van der Waals surface area contributed by atoms with Gasteiger partial charge in [0, 0.05) is 37.1 Å². The summed E-state index contributed by atoms with van der Waals surface area (Å²) in [4.78, 5) is 17.9. The number of hydrogen-bond donors (Lipinski definition) is 1. The minimum Gasteiger partial charge on any atom is -0.495 e. The molecule has 1 aromatic heterocycles. The molecule has 5 nitrogen and oxygen atoms in total. The third-order valence-corrected chi connectivity index (χ3v) is 3.96. The monoisotopic (exact) mass is 333 g/mol. The highest BCUT2D eigenvalue weighted by molar-refractivity contribution is 6.31. The third-order valence-electron chi connectivity index (χ3n) is 3.55. The fourth-order valence-electron chi connectivity index (χ4n) is 2.09. The Morgan fingerprint density at radius 3 is 2.70 bits per heavy atom. The molecule has 23 heavy (non-hydrogen) atoms. The van der Waals surface area contributed by atoms with Crippen molar-refractivity contribution in [3.63, 3.8) is 0 Å². The van der Waals surface area contributed by atoms with Crippen LogP contribution in [0.25, 0.3) is 0 Å². The number of methoxy groups -OCH3 is 1. The molecule has 0 radical (unpaired) electrons. The average Bonchev–Trinajstić information content (AvgIpc) is 2.56. The molecule has 0 fully saturated rings. The summed E-state index contributed by atoms with van der Waals surface area (Å²) in [7, 11) is 3.30. The van der Waals surface area contributed by atoms with Gasteiger partial charge in [-0.05, 0) is 42.7 Å². The minimum absolute atomic E-state index is 0.195. The second kappa shape index (κ2) is 7.83. The molecule has 0 saturated heterocycles. The van der Waals surface area contributed by atoms with Gasteiger partial charge in [0.05, 0.1) is 12.8 Å². The number of nitrogens with zero attached hydrogens (tertiary/aromatic N) is 2. The number of ether oxygens (including phenoxy) is 1. The Morgan fingerprint density at radius 2 is 2.04 bits per heavy atom. The van der Waals surface area contributed by atoms with Gasteiger partial charge in [0.15, 0.2) is 0 Å². The van der Waals surface area contributed by atoms with Gasteiger partial charge < -0.3 is 15.0 Å². The maximum Gasteiger partial charge on any atom is 0.321 e. The number of amides is 2. The van der Waals surface area contributed by atoms with Crippen molar-refractivity contribution in [1.29, 1.82) is 0 Å². The van der Waals surface area contributed by atoms with Crippen molar-refractivity contribution in [2.75, 3.05) is 26.0 Å². The van der Waals surface area contributed by atoms with Crippen LogP contribution in [0.3, 0.4) is 0 Å². The predicted octanol–water partition coefficient (Wildman–Crippen LogP) is 3.76. The lowest BCUT2D eigenvalue weighted by Gasteiger charge is -2.19. The van der Waals surface area contributed by atoms with Crippen LogP contribution >= 0.6 is 11.6 Å². The van der Waals surface area contributed by atoms with Crippen molar-refractivity contribution in [2.24, 2.45) is 0 Å². The van der Waals surface area contributed by atoms with E-state index in [0.717, 1.165) is 17.5 Å². The van der Waals surface area contributed by atoms with Gasteiger partial charge in [0.25, 0.3) is 0 Å². The Hall–Kier alpha value is -2.27. The van der Waals surface area contributed by atoms with Gasteiger partial charge in [0.2, 0.25) is 0 Å². The minimum atomic E-state index is -0.195. The molecule has 2 rings (SSSR count). The number of carbonyl (C=O) groups excluding carboxylic acids is 1. The van der Waals surface area contributed by atoms with Crippen LogP contribution < -0.4 is 10.1 Å². The zero-order valence-electron chi connectivity index (χ0n) is 13.5. The molecule has 122 valence electrons. The number of anilines is 1. The van der Waals surface area contributed by atoms with Crippen molar-refractivity contribution in [2.45, 2.75) is 13.3 Å². The fraction of sp³-hybridized carbons (Fsp3) is 0.294. The third kappa shape index (κ3) is 4.60. The van der Waals surface area contributed by atoms with Gasteiger partial charge >= 0.3 is 6.03 Å². The Balaban J connectivity index is 1.99. The van der Waals surface area contributed by atoms with E-state index in [9.17, 15) is 4.79 Å². The van der Waals surface area contributed by atoms with Crippen LogP contribution in [0.5, 0.6) is 5.75 Å². The molecule has 0 aliphatic rings. The number of hydrogen-bond acceptors (Lipinski definition) is 3. The van der Waals surface area contributed by atoms with Crippen LogP contribution in [0, 0.1) is 6.92 Å². The summed E-state index contributed by atoms with van der Waals surface area (Å²) < 4.78 is 5.27. The van der Waals surface area contributed by atoms with E-state index >= 15 is 0 Å². The number of aromatic nitrogens is 1. The molecule has 0 aliphatic heterocycles. The highest BCUT2D eigenvalue weighted by atomic mass is 35.5. The number of pyridine rings is 1. The Labute approximate surface area is 141 Å². The summed E-state index contributed by atoms with van der Waals surface area (Å²) in [5.41, 5.74) is 2.62. The number of aryl methyl sites for hydroxylation is 1. The van der Waals surface area contributed by atoms with E-state index < -0.39 is 0 Å². The normalized spacial score (nSPS) is 10.3. The molecular formula is C17H20ClN3O2. The summed E-state index contributed by atoms with van der Waals surface area (Å²) in [6.07, 6.45) is 4.26. The number of carbonyl (C=O) groups is 1. The standard InChI is InChI=1S/C17H20ClN3O2/c1-12-10-15(16(23-3)11-14(12)18)20-17(22)21(2)9-6-13-4-7-19-8-5-13/h4-5,7-8,10-11H,6,9H2,1-3H3,(H,20,22). The molecule has 0 aliphatic carbocycles. The molecule has 6 heteroatoms.